The Balaban J connectivity index is 2.76. The average Bonchev–Trinajstić information content (AvgIpc) is 2.24. The van der Waals surface area contributed by atoms with Crippen LogP contribution in [0.15, 0.2) is 12.7 Å². The first-order chi connectivity index (χ1) is 7.87. The van der Waals surface area contributed by atoms with Gasteiger partial charge in [0.1, 0.15) is 12.6 Å². The standard InChI is InChI=1S/C12H19NO4/c1-4-7-17-11(16)13-8-12(2,3)6-5-9(13)10(14)15/h4,9H,1,5-8H2,2-3H3,(H,14,15). The van der Waals surface area contributed by atoms with Gasteiger partial charge in [0.15, 0.2) is 0 Å². The molecule has 0 saturated carbocycles. The van der Waals surface area contributed by atoms with Crippen LogP contribution >= 0.6 is 0 Å². The van der Waals surface area contributed by atoms with Crippen molar-refractivity contribution in [1.29, 1.82) is 0 Å². The van der Waals surface area contributed by atoms with E-state index in [4.69, 9.17) is 9.84 Å². The summed E-state index contributed by atoms with van der Waals surface area (Å²) in [4.78, 5) is 24.1. The van der Waals surface area contributed by atoms with Gasteiger partial charge in [0, 0.05) is 6.54 Å². The number of nitrogens with zero attached hydrogens (tertiary/aromatic N) is 1. The number of hydrogen-bond acceptors (Lipinski definition) is 3. The van der Waals surface area contributed by atoms with Gasteiger partial charge in [-0.15, -0.1) is 0 Å². The summed E-state index contributed by atoms with van der Waals surface area (Å²) in [5.74, 6) is -0.976. The second-order valence-electron chi connectivity index (χ2n) is 5.05. The summed E-state index contributed by atoms with van der Waals surface area (Å²) in [6, 6.07) is -0.777. The summed E-state index contributed by atoms with van der Waals surface area (Å²) in [7, 11) is 0. The third kappa shape index (κ3) is 3.47. The van der Waals surface area contributed by atoms with Crippen molar-refractivity contribution in [3.63, 3.8) is 0 Å². The molecule has 0 aromatic carbocycles. The quantitative estimate of drug-likeness (QED) is 0.766. The van der Waals surface area contributed by atoms with E-state index in [1.807, 2.05) is 13.8 Å². The number of carboxylic acids is 1. The van der Waals surface area contributed by atoms with E-state index in [-0.39, 0.29) is 12.0 Å². The zero-order valence-corrected chi connectivity index (χ0v) is 10.3. The molecule has 1 aliphatic heterocycles. The number of rotatable bonds is 3. The molecule has 0 aromatic heterocycles. The molecule has 0 radical (unpaired) electrons. The van der Waals surface area contributed by atoms with Crippen molar-refractivity contribution in [2.45, 2.75) is 32.7 Å². The van der Waals surface area contributed by atoms with Crippen molar-refractivity contribution in [2.75, 3.05) is 13.2 Å². The van der Waals surface area contributed by atoms with Crippen LogP contribution in [0.25, 0.3) is 0 Å². The normalized spacial score (nSPS) is 22.9. The maximum atomic E-state index is 11.8. The molecule has 1 N–H and O–H groups in total. The van der Waals surface area contributed by atoms with E-state index >= 15 is 0 Å². The lowest BCUT2D eigenvalue weighted by molar-refractivity contribution is -0.145. The Morgan fingerprint density at radius 2 is 2.24 bits per heavy atom. The van der Waals surface area contributed by atoms with Gasteiger partial charge in [-0.1, -0.05) is 26.5 Å². The molecule has 0 bridgehead atoms. The Bertz CT molecular complexity index is 324. The van der Waals surface area contributed by atoms with Crippen LogP contribution in [-0.2, 0) is 9.53 Å². The molecule has 96 valence electrons. The highest BCUT2D eigenvalue weighted by molar-refractivity contribution is 5.80. The molecule has 0 spiro atoms. The fraction of sp³-hybridized carbons (Fsp3) is 0.667. The van der Waals surface area contributed by atoms with Gasteiger partial charge >= 0.3 is 12.1 Å². The Morgan fingerprint density at radius 1 is 1.59 bits per heavy atom. The summed E-state index contributed by atoms with van der Waals surface area (Å²) >= 11 is 0. The molecule has 1 fully saturated rings. The van der Waals surface area contributed by atoms with Gasteiger partial charge < -0.3 is 9.84 Å². The fourth-order valence-electron chi connectivity index (χ4n) is 2.00. The molecule has 1 amide bonds. The van der Waals surface area contributed by atoms with Crippen LogP contribution in [0.4, 0.5) is 4.79 Å². The first-order valence-electron chi connectivity index (χ1n) is 5.64. The van der Waals surface area contributed by atoms with Crippen molar-refractivity contribution in [3.05, 3.63) is 12.7 Å². The molecule has 1 unspecified atom stereocenters. The molecular formula is C12H19NO4. The van der Waals surface area contributed by atoms with E-state index in [0.29, 0.717) is 13.0 Å². The maximum Gasteiger partial charge on any atom is 0.410 e. The molecule has 1 atom stereocenters. The smallest absolute Gasteiger partial charge is 0.410 e. The zero-order chi connectivity index (χ0) is 13.1. The van der Waals surface area contributed by atoms with Crippen LogP contribution in [0.1, 0.15) is 26.7 Å². The average molecular weight is 241 g/mol. The second kappa shape index (κ2) is 5.21. The highest BCUT2D eigenvalue weighted by atomic mass is 16.6. The summed E-state index contributed by atoms with van der Waals surface area (Å²) in [5, 5.41) is 9.08. The third-order valence-corrected chi connectivity index (χ3v) is 2.91. The molecule has 1 rings (SSSR count). The molecule has 0 aliphatic carbocycles. The van der Waals surface area contributed by atoms with Gasteiger partial charge in [-0.25, -0.2) is 9.59 Å². The van der Waals surface area contributed by atoms with Crippen LogP contribution in [0.3, 0.4) is 0 Å². The Labute approximate surface area is 101 Å². The van der Waals surface area contributed by atoms with Crippen LogP contribution in [0, 0.1) is 5.41 Å². The number of hydrogen-bond donors (Lipinski definition) is 1. The lowest BCUT2D eigenvalue weighted by Gasteiger charge is -2.41. The van der Waals surface area contributed by atoms with Crippen LogP contribution in [-0.4, -0.2) is 41.3 Å². The van der Waals surface area contributed by atoms with E-state index in [1.54, 1.807) is 0 Å². The number of carbonyl (C=O) groups excluding carboxylic acids is 1. The molecule has 0 aromatic rings. The molecule has 17 heavy (non-hydrogen) atoms. The van der Waals surface area contributed by atoms with E-state index in [0.717, 1.165) is 6.42 Å². The number of carboxylic acid groups (broad SMARTS) is 1. The third-order valence-electron chi connectivity index (χ3n) is 2.91. The summed E-state index contributed by atoms with van der Waals surface area (Å²) in [6.45, 7) is 7.98. The largest absolute Gasteiger partial charge is 0.480 e. The minimum Gasteiger partial charge on any atom is -0.480 e. The van der Waals surface area contributed by atoms with Crippen LogP contribution < -0.4 is 0 Å². The predicted molar refractivity (Wildman–Crippen MR) is 62.7 cm³/mol. The van der Waals surface area contributed by atoms with E-state index in [9.17, 15) is 9.59 Å². The summed E-state index contributed by atoms with van der Waals surface area (Å²) in [5.41, 5.74) is -0.0703. The fourth-order valence-corrected chi connectivity index (χ4v) is 2.00. The maximum absolute atomic E-state index is 11.8. The van der Waals surface area contributed by atoms with Crippen molar-refractivity contribution >= 4 is 12.1 Å². The van der Waals surface area contributed by atoms with Gasteiger partial charge in [0.05, 0.1) is 0 Å². The first-order valence-corrected chi connectivity index (χ1v) is 5.64. The molecule has 5 heteroatoms. The Kier molecular flexibility index (Phi) is 4.15. The lowest BCUT2D eigenvalue weighted by Crippen LogP contribution is -2.53. The predicted octanol–water partition coefficient (Wildman–Crippen LogP) is 1.88. The SMILES string of the molecule is C=CCOC(=O)N1CC(C)(C)CCC1C(=O)O. The molecule has 1 heterocycles. The number of ether oxygens (including phenoxy) is 1. The van der Waals surface area contributed by atoms with Gasteiger partial charge in [-0.2, -0.15) is 0 Å². The monoisotopic (exact) mass is 241 g/mol. The number of piperidine rings is 1. The van der Waals surface area contributed by atoms with Crippen LogP contribution in [0.5, 0.6) is 0 Å². The number of likely N-dealkylation sites (tertiary alicyclic amines) is 1. The van der Waals surface area contributed by atoms with Crippen molar-refractivity contribution < 1.29 is 19.4 Å². The minimum atomic E-state index is -0.976. The van der Waals surface area contributed by atoms with E-state index in [2.05, 4.69) is 6.58 Å². The Hall–Kier alpha value is -1.52. The van der Waals surface area contributed by atoms with Crippen molar-refractivity contribution in [1.82, 2.24) is 4.90 Å². The van der Waals surface area contributed by atoms with Gasteiger partial charge in [-0.3, -0.25) is 4.90 Å². The first kappa shape index (κ1) is 13.5. The lowest BCUT2D eigenvalue weighted by atomic mass is 9.81. The second-order valence-corrected chi connectivity index (χ2v) is 5.05. The van der Waals surface area contributed by atoms with Gasteiger partial charge in [0.25, 0.3) is 0 Å². The molecule has 1 aliphatic rings. The van der Waals surface area contributed by atoms with Crippen molar-refractivity contribution in [2.24, 2.45) is 5.41 Å². The number of amides is 1. The zero-order valence-electron chi connectivity index (χ0n) is 10.3. The molecule has 1 saturated heterocycles. The highest BCUT2D eigenvalue weighted by Crippen LogP contribution is 2.32. The van der Waals surface area contributed by atoms with E-state index < -0.39 is 18.1 Å². The highest BCUT2D eigenvalue weighted by Gasteiger charge is 2.39. The van der Waals surface area contributed by atoms with Gasteiger partial charge in [-0.05, 0) is 18.3 Å². The number of aliphatic carboxylic acids is 1. The van der Waals surface area contributed by atoms with E-state index in [1.165, 1.54) is 11.0 Å². The molecular weight excluding hydrogens is 222 g/mol. The van der Waals surface area contributed by atoms with Crippen LogP contribution in [0.2, 0.25) is 0 Å². The van der Waals surface area contributed by atoms with Gasteiger partial charge in [0.2, 0.25) is 0 Å². The summed E-state index contributed by atoms with van der Waals surface area (Å²) in [6.07, 6.45) is 2.13. The Morgan fingerprint density at radius 3 is 2.76 bits per heavy atom. The molecule has 5 nitrogen and oxygen atoms in total. The van der Waals surface area contributed by atoms with Crippen molar-refractivity contribution in [3.8, 4) is 0 Å². The summed E-state index contributed by atoms with van der Waals surface area (Å²) < 4.78 is 4.91. The number of carbonyl (C=O) groups is 2. The minimum absolute atomic E-state index is 0.0703. The topological polar surface area (TPSA) is 66.8 Å².